The van der Waals surface area contributed by atoms with Crippen LogP contribution >= 0.6 is 0 Å². The molecule has 6 nitrogen and oxygen atoms in total. The maximum atomic E-state index is 6.10. The molecule has 2 aromatic carbocycles. The number of benzene rings is 2. The van der Waals surface area contributed by atoms with Gasteiger partial charge in [0.2, 0.25) is 0 Å². The Balaban J connectivity index is 1.44. The molecular formula is C24H33N3O3. The number of aryl methyl sites for hydroxylation is 1. The second-order valence-electron chi connectivity index (χ2n) is 7.41. The molecule has 2 N–H and O–H groups in total. The molecule has 0 saturated carbocycles. The number of aliphatic imine (C=N–C) groups is 1. The Morgan fingerprint density at radius 3 is 2.67 bits per heavy atom. The average molecular weight is 412 g/mol. The molecule has 1 aliphatic heterocycles. The van der Waals surface area contributed by atoms with Gasteiger partial charge < -0.3 is 24.8 Å². The van der Waals surface area contributed by atoms with E-state index in [2.05, 4.69) is 40.7 Å². The minimum atomic E-state index is 0.348. The molecular weight excluding hydrogens is 378 g/mol. The molecule has 0 amide bonds. The Kier molecular flexibility index (Phi) is 9.00. The highest BCUT2D eigenvalue weighted by molar-refractivity contribution is 5.79. The van der Waals surface area contributed by atoms with Gasteiger partial charge in [-0.05, 0) is 49.9 Å². The Morgan fingerprint density at radius 2 is 1.90 bits per heavy atom. The van der Waals surface area contributed by atoms with Crippen molar-refractivity contribution in [1.29, 1.82) is 0 Å². The number of hydrogen-bond acceptors (Lipinski definition) is 4. The standard InChI is InChI=1S/C24H33N3O3/c1-19-9-10-20(23(17-19)30-22-7-4-3-5-8-22)18-27-24(25-2)26-13-6-14-29-21-11-15-28-16-12-21/h3-5,7-10,17,21H,6,11-16,18H2,1-2H3,(H2,25,26,27). The fourth-order valence-corrected chi connectivity index (χ4v) is 3.29. The smallest absolute Gasteiger partial charge is 0.191 e. The summed E-state index contributed by atoms with van der Waals surface area (Å²) in [5.41, 5.74) is 2.24. The number of rotatable bonds is 9. The molecule has 30 heavy (non-hydrogen) atoms. The molecule has 1 saturated heterocycles. The van der Waals surface area contributed by atoms with Crippen LogP contribution in [0.15, 0.2) is 53.5 Å². The van der Waals surface area contributed by atoms with E-state index >= 15 is 0 Å². The minimum absolute atomic E-state index is 0.348. The van der Waals surface area contributed by atoms with Crippen LogP contribution in [0.2, 0.25) is 0 Å². The van der Waals surface area contributed by atoms with Gasteiger partial charge in [-0.1, -0.05) is 30.3 Å². The van der Waals surface area contributed by atoms with Crippen LogP contribution in [0.25, 0.3) is 0 Å². The summed E-state index contributed by atoms with van der Waals surface area (Å²) in [5, 5.41) is 6.72. The molecule has 6 heteroatoms. The Labute approximate surface area is 179 Å². The van der Waals surface area contributed by atoms with Crippen molar-refractivity contribution in [1.82, 2.24) is 10.6 Å². The molecule has 0 radical (unpaired) electrons. The lowest BCUT2D eigenvalue weighted by molar-refractivity contribution is -0.0320. The van der Waals surface area contributed by atoms with Crippen molar-refractivity contribution in [3.05, 3.63) is 59.7 Å². The zero-order chi connectivity index (χ0) is 21.0. The predicted octanol–water partition coefficient (Wildman–Crippen LogP) is 4.04. The molecule has 162 valence electrons. The van der Waals surface area contributed by atoms with Crippen molar-refractivity contribution in [2.75, 3.05) is 33.4 Å². The summed E-state index contributed by atoms with van der Waals surface area (Å²) in [5.74, 6) is 2.46. The van der Waals surface area contributed by atoms with E-state index in [4.69, 9.17) is 14.2 Å². The van der Waals surface area contributed by atoms with Gasteiger partial charge in [0, 0.05) is 45.5 Å². The quantitative estimate of drug-likeness (QED) is 0.370. The van der Waals surface area contributed by atoms with E-state index in [1.807, 2.05) is 30.3 Å². The Bertz CT molecular complexity index is 790. The lowest BCUT2D eigenvalue weighted by atomic mass is 10.1. The van der Waals surface area contributed by atoms with Gasteiger partial charge in [0.25, 0.3) is 0 Å². The fourth-order valence-electron chi connectivity index (χ4n) is 3.29. The van der Waals surface area contributed by atoms with E-state index in [1.165, 1.54) is 0 Å². The molecule has 3 rings (SSSR count). The third-order valence-corrected chi connectivity index (χ3v) is 5.00. The third kappa shape index (κ3) is 7.35. The number of nitrogens with zero attached hydrogens (tertiary/aromatic N) is 1. The Morgan fingerprint density at radius 1 is 1.10 bits per heavy atom. The highest BCUT2D eigenvalue weighted by atomic mass is 16.5. The van der Waals surface area contributed by atoms with Crippen molar-refractivity contribution < 1.29 is 14.2 Å². The van der Waals surface area contributed by atoms with Gasteiger partial charge in [-0.25, -0.2) is 0 Å². The molecule has 0 unspecified atom stereocenters. The van der Waals surface area contributed by atoms with E-state index in [0.717, 1.165) is 74.2 Å². The van der Waals surface area contributed by atoms with Crippen LogP contribution in [0.3, 0.4) is 0 Å². The maximum absolute atomic E-state index is 6.10. The summed E-state index contributed by atoms with van der Waals surface area (Å²) >= 11 is 0. The predicted molar refractivity (Wildman–Crippen MR) is 120 cm³/mol. The van der Waals surface area contributed by atoms with Crippen LogP contribution in [0.5, 0.6) is 11.5 Å². The van der Waals surface area contributed by atoms with Crippen LogP contribution in [0.4, 0.5) is 0 Å². The lowest BCUT2D eigenvalue weighted by Gasteiger charge is -2.22. The number of nitrogens with one attached hydrogen (secondary N) is 2. The van der Waals surface area contributed by atoms with E-state index in [1.54, 1.807) is 7.05 Å². The van der Waals surface area contributed by atoms with Gasteiger partial charge in [-0.3, -0.25) is 4.99 Å². The van der Waals surface area contributed by atoms with Crippen LogP contribution in [0, 0.1) is 6.92 Å². The van der Waals surface area contributed by atoms with Crippen LogP contribution in [-0.4, -0.2) is 45.5 Å². The number of hydrogen-bond donors (Lipinski definition) is 2. The van der Waals surface area contributed by atoms with E-state index in [0.29, 0.717) is 12.6 Å². The maximum Gasteiger partial charge on any atom is 0.191 e. The van der Waals surface area contributed by atoms with E-state index < -0.39 is 0 Å². The second-order valence-corrected chi connectivity index (χ2v) is 7.41. The first-order valence-corrected chi connectivity index (χ1v) is 10.7. The summed E-state index contributed by atoms with van der Waals surface area (Å²) in [6, 6.07) is 16.1. The van der Waals surface area contributed by atoms with Crippen molar-refractivity contribution >= 4 is 5.96 Å². The molecule has 1 fully saturated rings. The summed E-state index contributed by atoms with van der Waals surface area (Å²) in [4.78, 5) is 4.32. The fraction of sp³-hybridized carbons (Fsp3) is 0.458. The van der Waals surface area contributed by atoms with Crippen molar-refractivity contribution in [2.45, 2.75) is 38.8 Å². The minimum Gasteiger partial charge on any atom is -0.457 e. The summed E-state index contributed by atoms with van der Waals surface area (Å²) < 4.78 is 17.4. The van der Waals surface area contributed by atoms with Crippen molar-refractivity contribution in [3.63, 3.8) is 0 Å². The first-order valence-electron chi connectivity index (χ1n) is 10.7. The topological polar surface area (TPSA) is 64.1 Å². The molecule has 1 aliphatic rings. The molecule has 0 atom stereocenters. The zero-order valence-corrected chi connectivity index (χ0v) is 18.0. The summed E-state index contributed by atoms with van der Waals surface area (Å²) in [6.07, 6.45) is 3.28. The Hall–Kier alpha value is -2.57. The van der Waals surface area contributed by atoms with Gasteiger partial charge in [-0.15, -0.1) is 0 Å². The van der Waals surface area contributed by atoms with Crippen LogP contribution < -0.4 is 15.4 Å². The largest absolute Gasteiger partial charge is 0.457 e. The van der Waals surface area contributed by atoms with Crippen molar-refractivity contribution in [3.8, 4) is 11.5 Å². The zero-order valence-electron chi connectivity index (χ0n) is 18.0. The second kappa shape index (κ2) is 12.2. The van der Waals surface area contributed by atoms with E-state index in [-0.39, 0.29) is 0 Å². The molecule has 1 heterocycles. The average Bonchev–Trinajstić information content (AvgIpc) is 2.78. The first kappa shape index (κ1) is 22.1. The van der Waals surface area contributed by atoms with Gasteiger partial charge in [0.05, 0.1) is 6.10 Å². The SMILES string of the molecule is CN=C(NCCCOC1CCOCC1)NCc1ccc(C)cc1Oc1ccccc1. The molecule has 2 aromatic rings. The molecule has 0 bridgehead atoms. The lowest BCUT2D eigenvalue weighted by Crippen LogP contribution is -2.37. The number of para-hydroxylation sites is 1. The molecule has 0 spiro atoms. The van der Waals surface area contributed by atoms with Gasteiger partial charge in [0.1, 0.15) is 11.5 Å². The highest BCUT2D eigenvalue weighted by Gasteiger charge is 2.13. The van der Waals surface area contributed by atoms with Gasteiger partial charge in [-0.2, -0.15) is 0 Å². The number of ether oxygens (including phenoxy) is 3. The first-order chi connectivity index (χ1) is 14.7. The molecule has 0 aliphatic carbocycles. The van der Waals surface area contributed by atoms with Gasteiger partial charge in [0.15, 0.2) is 5.96 Å². The normalized spacial score (nSPS) is 15.1. The molecule has 0 aromatic heterocycles. The van der Waals surface area contributed by atoms with Crippen molar-refractivity contribution in [2.24, 2.45) is 4.99 Å². The van der Waals surface area contributed by atoms with Crippen LogP contribution in [-0.2, 0) is 16.0 Å². The summed E-state index contributed by atoms with van der Waals surface area (Å²) in [6.45, 7) is 5.88. The highest BCUT2D eigenvalue weighted by Crippen LogP contribution is 2.26. The third-order valence-electron chi connectivity index (χ3n) is 5.00. The van der Waals surface area contributed by atoms with E-state index in [9.17, 15) is 0 Å². The number of guanidine groups is 1. The monoisotopic (exact) mass is 411 g/mol. The van der Waals surface area contributed by atoms with Gasteiger partial charge >= 0.3 is 0 Å². The van der Waals surface area contributed by atoms with Crippen LogP contribution in [0.1, 0.15) is 30.4 Å². The summed E-state index contributed by atoms with van der Waals surface area (Å²) in [7, 11) is 1.78.